The van der Waals surface area contributed by atoms with E-state index in [2.05, 4.69) is 64.3 Å². The zero-order chi connectivity index (χ0) is 15.8. The molecule has 0 aliphatic carbocycles. The first kappa shape index (κ1) is 14.9. The van der Waals surface area contributed by atoms with Crippen LogP contribution in [0.2, 0.25) is 0 Å². The molecule has 1 aromatic heterocycles. The van der Waals surface area contributed by atoms with Crippen molar-refractivity contribution in [2.75, 3.05) is 7.05 Å². The molecule has 3 heterocycles. The Morgan fingerprint density at radius 2 is 1.91 bits per heavy atom. The second-order valence-corrected chi connectivity index (χ2v) is 7.20. The molecule has 4 heteroatoms. The minimum atomic E-state index is 0.689. The van der Waals surface area contributed by atoms with Gasteiger partial charge in [0.1, 0.15) is 0 Å². The second-order valence-electron chi connectivity index (χ2n) is 7.20. The van der Waals surface area contributed by atoms with E-state index in [1.54, 1.807) is 0 Å². The summed E-state index contributed by atoms with van der Waals surface area (Å²) in [5.74, 6) is 0. The summed E-state index contributed by atoms with van der Waals surface area (Å²) in [6, 6.07) is 12.8. The highest BCUT2D eigenvalue weighted by atomic mass is 15.3. The van der Waals surface area contributed by atoms with Gasteiger partial charge >= 0.3 is 0 Å². The van der Waals surface area contributed by atoms with Crippen LogP contribution in [0, 0.1) is 6.92 Å². The third-order valence-corrected chi connectivity index (χ3v) is 5.55. The van der Waals surface area contributed by atoms with Crippen LogP contribution in [0.15, 0.2) is 36.5 Å². The molecule has 2 aliphatic heterocycles. The van der Waals surface area contributed by atoms with Crippen molar-refractivity contribution in [3.63, 3.8) is 0 Å². The summed E-state index contributed by atoms with van der Waals surface area (Å²) in [6.07, 6.45) is 7.20. The highest BCUT2D eigenvalue weighted by molar-refractivity contribution is 5.40. The summed E-state index contributed by atoms with van der Waals surface area (Å²) < 4.78 is 2.10. The van der Waals surface area contributed by atoms with Gasteiger partial charge in [0.2, 0.25) is 0 Å². The molecule has 2 aliphatic rings. The van der Waals surface area contributed by atoms with Gasteiger partial charge in [-0.25, -0.2) is 4.68 Å². The maximum Gasteiger partial charge on any atom is 0.0678 e. The average molecular weight is 310 g/mol. The smallest absolute Gasteiger partial charge is 0.0678 e. The summed E-state index contributed by atoms with van der Waals surface area (Å²) >= 11 is 0. The highest BCUT2D eigenvalue weighted by Crippen LogP contribution is 2.30. The van der Waals surface area contributed by atoms with Crippen molar-refractivity contribution >= 4 is 0 Å². The lowest BCUT2D eigenvalue weighted by Crippen LogP contribution is -2.46. The number of piperidine rings is 1. The fourth-order valence-electron chi connectivity index (χ4n) is 4.24. The maximum atomic E-state index is 4.57. The molecule has 2 bridgehead atoms. The van der Waals surface area contributed by atoms with E-state index >= 15 is 0 Å². The van der Waals surface area contributed by atoms with Crippen LogP contribution in [0.3, 0.4) is 0 Å². The first-order valence-electron chi connectivity index (χ1n) is 8.76. The van der Waals surface area contributed by atoms with Crippen LogP contribution < -0.4 is 5.32 Å². The molecule has 0 amide bonds. The SMILES string of the molecule is Cc1ccccc1-n1nccc1CN(C)C1CC2CCC(C1)N2. The standard InChI is InChI=1S/C19H26N4/c1-14-5-3-4-6-19(14)23-17(9-10-20-23)13-22(2)18-11-15-7-8-16(12-18)21-15/h3-6,9-10,15-16,18,21H,7-8,11-13H2,1-2H3. The Kier molecular flexibility index (Phi) is 3.95. The molecule has 0 spiro atoms. The van der Waals surface area contributed by atoms with Gasteiger partial charge in [-0.2, -0.15) is 5.10 Å². The van der Waals surface area contributed by atoms with Crippen LogP contribution >= 0.6 is 0 Å². The van der Waals surface area contributed by atoms with E-state index in [9.17, 15) is 0 Å². The van der Waals surface area contributed by atoms with Crippen LogP contribution in [0.25, 0.3) is 5.69 Å². The number of fused-ring (bicyclic) bond motifs is 2. The fraction of sp³-hybridized carbons (Fsp3) is 0.526. The number of rotatable bonds is 4. The molecule has 23 heavy (non-hydrogen) atoms. The van der Waals surface area contributed by atoms with Gasteiger partial charge in [-0.05, 0) is 57.4 Å². The molecule has 1 N–H and O–H groups in total. The number of nitrogens with zero attached hydrogens (tertiary/aromatic N) is 3. The molecule has 2 atom stereocenters. The van der Waals surface area contributed by atoms with Crippen molar-refractivity contribution in [1.82, 2.24) is 20.0 Å². The molecule has 0 saturated carbocycles. The van der Waals surface area contributed by atoms with Gasteiger partial charge in [-0.15, -0.1) is 0 Å². The number of nitrogens with one attached hydrogen (secondary N) is 1. The minimum Gasteiger partial charge on any atom is -0.311 e. The van der Waals surface area contributed by atoms with Gasteiger partial charge in [0.15, 0.2) is 0 Å². The molecule has 2 aromatic rings. The molecule has 122 valence electrons. The van der Waals surface area contributed by atoms with Crippen LogP contribution in [0.5, 0.6) is 0 Å². The van der Waals surface area contributed by atoms with Gasteiger partial charge in [0, 0.05) is 30.9 Å². The monoisotopic (exact) mass is 310 g/mol. The number of aryl methyl sites for hydroxylation is 1. The largest absolute Gasteiger partial charge is 0.311 e. The summed E-state index contributed by atoms with van der Waals surface area (Å²) in [5.41, 5.74) is 3.72. The molecule has 1 aromatic carbocycles. The molecule has 4 rings (SSSR count). The maximum absolute atomic E-state index is 4.57. The Balaban J connectivity index is 1.51. The second kappa shape index (κ2) is 6.10. The molecule has 0 radical (unpaired) electrons. The van der Waals surface area contributed by atoms with Crippen molar-refractivity contribution in [1.29, 1.82) is 0 Å². The van der Waals surface area contributed by atoms with Crippen molar-refractivity contribution in [3.05, 3.63) is 47.8 Å². The van der Waals surface area contributed by atoms with Crippen LogP contribution in [0.4, 0.5) is 0 Å². The quantitative estimate of drug-likeness (QED) is 0.942. The van der Waals surface area contributed by atoms with Crippen molar-refractivity contribution in [3.8, 4) is 5.69 Å². The van der Waals surface area contributed by atoms with E-state index in [1.807, 2.05) is 6.20 Å². The Morgan fingerprint density at radius 1 is 1.17 bits per heavy atom. The first-order chi connectivity index (χ1) is 11.2. The van der Waals surface area contributed by atoms with Crippen LogP contribution in [0.1, 0.15) is 36.9 Å². The molecule has 2 fully saturated rings. The lowest BCUT2D eigenvalue weighted by molar-refractivity contribution is 0.163. The third kappa shape index (κ3) is 2.93. The van der Waals surface area contributed by atoms with E-state index in [0.29, 0.717) is 6.04 Å². The Labute approximate surface area is 138 Å². The molecule has 4 nitrogen and oxygen atoms in total. The van der Waals surface area contributed by atoms with E-state index in [4.69, 9.17) is 0 Å². The van der Waals surface area contributed by atoms with E-state index in [-0.39, 0.29) is 0 Å². The van der Waals surface area contributed by atoms with Gasteiger partial charge < -0.3 is 5.32 Å². The average Bonchev–Trinajstić information content (AvgIpc) is 3.14. The topological polar surface area (TPSA) is 33.1 Å². The number of hydrogen-bond acceptors (Lipinski definition) is 3. The van der Waals surface area contributed by atoms with Crippen LogP contribution in [-0.4, -0.2) is 39.9 Å². The van der Waals surface area contributed by atoms with Crippen molar-refractivity contribution < 1.29 is 0 Å². The Morgan fingerprint density at radius 3 is 2.65 bits per heavy atom. The predicted octanol–water partition coefficient (Wildman–Crippen LogP) is 2.90. The molecular weight excluding hydrogens is 284 g/mol. The molecular formula is C19H26N4. The number of aromatic nitrogens is 2. The predicted molar refractivity (Wildman–Crippen MR) is 92.7 cm³/mol. The highest BCUT2D eigenvalue weighted by Gasteiger charge is 2.35. The third-order valence-electron chi connectivity index (χ3n) is 5.55. The molecule has 2 saturated heterocycles. The summed E-state index contributed by atoms with van der Waals surface area (Å²) in [7, 11) is 2.27. The van der Waals surface area contributed by atoms with Crippen molar-refractivity contribution in [2.45, 2.75) is 57.3 Å². The Hall–Kier alpha value is -1.65. The van der Waals surface area contributed by atoms with Gasteiger partial charge in [0.05, 0.1) is 11.4 Å². The number of para-hydroxylation sites is 1. The molecule has 2 unspecified atom stereocenters. The summed E-state index contributed by atoms with van der Waals surface area (Å²) in [6.45, 7) is 3.10. The van der Waals surface area contributed by atoms with Gasteiger partial charge in [0.25, 0.3) is 0 Å². The normalized spacial score (nSPS) is 26.8. The first-order valence-corrected chi connectivity index (χ1v) is 8.76. The zero-order valence-corrected chi connectivity index (χ0v) is 14.1. The number of benzene rings is 1. The van der Waals surface area contributed by atoms with Crippen LogP contribution in [-0.2, 0) is 6.54 Å². The van der Waals surface area contributed by atoms with E-state index < -0.39 is 0 Å². The van der Waals surface area contributed by atoms with Gasteiger partial charge in [-0.3, -0.25) is 4.90 Å². The van der Waals surface area contributed by atoms with Crippen molar-refractivity contribution in [2.24, 2.45) is 0 Å². The zero-order valence-electron chi connectivity index (χ0n) is 14.1. The summed E-state index contributed by atoms with van der Waals surface area (Å²) in [5, 5.41) is 8.30. The van der Waals surface area contributed by atoms with Gasteiger partial charge in [-0.1, -0.05) is 18.2 Å². The number of hydrogen-bond donors (Lipinski definition) is 1. The Bertz CT molecular complexity index is 666. The lowest BCUT2D eigenvalue weighted by Gasteiger charge is -2.35. The fourth-order valence-corrected chi connectivity index (χ4v) is 4.24. The minimum absolute atomic E-state index is 0.689. The lowest BCUT2D eigenvalue weighted by atomic mass is 9.98. The summed E-state index contributed by atoms with van der Waals surface area (Å²) in [4.78, 5) is 2.53. The van der Waals surface area contributed by atoms with E-state index in [1.165, 1.54) is 42.6 Å². The van der Waals surface area contributed by atoms with E-state index in [0.717, 1.165) is 18.6 Å².